The van der Waals surface area contributed by atoms with Gasteiger partial charge in [0.25, 0.3) is 5.91 Å². The van der Waals surface area contributed by atoms with E-state index in [-0.39, 0.29) is 12.8 Å². The number of aryl methyl sites for hydroxylation is 1. The number of methoxy groups -OCH3 is 1. The van der Waals surface area contributed by atoms with Gasteiger partial charge in [-0.3, -0.25) is 9.59 Å². The molecule has 0 fully saturated rings. The van der Waals surface area contributed by atoms with Gasteiger partial charge in [-0.25, -0.2) is 4.79 Å². The molecule has 0 aliphatic heterocycles. The molecule has 0 aromatic heterocycles. The fourth-order valence-corrected chi connectivity index (χ4v) is 2.49. The summed E-state index contributed by atoms with van der Waals surface area (Å²) in [5.74, 6) is -1.62. The third kappa shape index (κ3) is 6.93. The number of benzene rings is 2. The lowest BCUT2D eigenvalue weighted by Crippen LogP contribution is -2.44. The zero-order valence-corrected chi connectivity index (χ0v) is 15.4. The van der Waals surface area contributed by atoms with E-state index in [2.05, 4.69) is 5.32 Å². The molecule has 1 N–H and O–H groups in total. The van der Waals surface area contributed by atoms with Crippen LogP contribution < -0.4 is 5.32 Å². The number of rotatable bonds is 8. The SMILES string of the molecule is COC(=O)[C@H](Cc1ccccc1)NC(=O)COC(=O)Cc1ccc(C)cc1. The van der Waals surface area contributed by atoms with Crippen LogP contribution in [0.3, 0.4) is 0 Å². The quantitative estimate of drug-likeness (QED) is 0.720. The molecule has 0 saturated heterocycles. The van der Waals surface area contributed by atoms with E-state index < -0.39 is 30.5 Å². The highest BCUT2D eigenvalue weighted by Crippen LogP contribution is 2.06. The molecule has 0 radical (unpaired) electrons. The van der Waals surface area contributed by atoms with E-state index >= 15 is 0 Å². The van der Waals surface area contributed by atoms with Crippen LogP contribution in [0.2, 0.25) is 0 Å². The van der Waals surface area contributed by atoms with Gasteiger partial charge in [0.15, 0.2) is 6.61 Å². The third-order valence-electron chi connectivity index (χ3n) is 3.94. The van der Waals surface area contributed by atoms with E-state index in [9.17, 15) is 14.4 Å². The number of carbonyl (C=O) groups is 3. The van der Waals surface area contributed by atoms with Crippen molar-refractivity contribution < 1.29 is 23.9 Å². The highest BCUT2D eigenvalue weighted by atomic mass is 16.5. The van der Waals surface area contributed by atoms with Gasteiger partial charge in [0, 0.05) is 6.42 Å². The number of esters is 2. The molecule has 6 nitrogen and oxygen atoms in total. The lowest BCUT2D eigenvalue weighted by molar-refractivity contribution is -0.149. The van der Waals surface area contributed by atoms with Crippen LogP contribution in [0.25, 0.3) is 0 Å². The molecule has 0 spiro atoms. The predicted molar refractivity (Wildman–Crippen MR) is 99.9 cm³/mol. The summed E-state index contributed by atoms with van der Waals surface area (Å²) in [7, 11) is 1.26. The number of nitrogens with one attached hydrogen (secondary N) is 1. The fourth-order valence-electron chi connectivity index (χ4n) is 2.49. The Balaban J connectivity index is 1.84. The van der Waals surface area contributed by atoms with Crippen molar-refractivity contribution in [3.05, 3.63) is 71.3 Å². The van der Waals surface area contributed by atoms with Crippen molar-refractivity contribution in [3.8, 4) is 0 Å². The van der Waals surface area contributed by atoms with Crippen molar-refractivity contribution >= 4 is 17.8 Å². The highest BCUT2D eigenvalue weighted by molar-refractivity contribution is 5.86. The highest BCUT2D eigenvalue weighted by Gasteiger charge is 2.22. The lowest BCUT2D eigenvalue weighted by atomic mass is 10.1. The van der Waals surface area contributed by atoms with E-state index in [0.717, 1.165) is 16.7 Å². The van der Waals surface area contributed by atoms with Gasteiger partial charge in [-0.15, -0.1) is 0 Å². The summed E-state index contributed by atoms with van der Waals surface area (Å²) in [6, 6.07) is 15.9. The minimum atomic E-state index is -0.847. The molecule has 142 valence electrons. The van der Waals surface area contributed by atoms with Crippen LogP contribution in [0.5, 0.6) is 0 Å². The van der Waals surface area contributed by atoms with Crippen LogP contribution in [-0.4, -0.2) is 37.6 Å². The smallest absolute Gasteiger partial charge is 0.328 e. The first-order chi connectivity index (χ1) is 13.0. The van der Waals surface area contributed by atoms with Crippen LogP contribution in [0.1, 0.15) is 16.7 Å². The van der Waals surface area contributed by atoms with Gasteiger partial charge in [-0.05, 0) is 18.1 Å². The number of hydrogen-bond acceptors (Lipinski definition) is 5. The Hall–Kier alpha value is -3.15. The van der Waals surface area contributed by atoms with Gasteiger partial charge in [-0.1, -0.05) is 60.2 Å². The van der Waals surface area contributed by atoms with Crippen LogP contribution in [0, 0.1) is 6.92 Å². The monoisotopic (exact) mass is 369 g/mol. The summed E-state index contributed by atoms with van der Waals surface area (Å²) in [5, 5.41) is 2.55. The first kappa shape index (κ1) is 20.2. The molecule has 0 aliphatic rings. The number of carbonyl (C=O) groups excluding carboxylic acids is 3. The average Bonchev–Trinajstić information content (AvgIpc) is 2.68. The van der Waals surface area contributed by atoms with Gasteiger partial charge in [0.1, 0.15) is 6.04 Å². The molecule has 1 atom stereocenters. The molecule has 27 heavy (non-hydrogen) atoms. The van der Waals surface area contributed by atoms with Crippen molar-refractivity contribution in [2.24, 2.45) is 0 Å². The maximum atomic E-state index is 12.1. The Labute approximate surface area is 158 Å². The van der Waals surface area contributed by atoms with Crippen LogP contribution in [-0.2, 0) is 36.7 Å². The molecule has 0 bridgehead atoms. The Morgan fingerprint density at radius 2 is 1.63 bits per heavy atom. The molecule has 0 heterocycles. The van der Waals surface area contributed by atoms with Crippen LogP contribution in [0.4, 0.5) is 0 Å². The van der Waals surface area contributed by atoms with Crippen molar-refractivity contribution in [1.82, 2.24) is 5.32 Å². The van der Waals surface area contributed by atoms with Crippen LogP contribution in [0.15, 0.2) is 54.6 Å². The Morgan fingerprint density at radius 1 is 0.963 bits per heavy atom. The van der Waals surface area contributed by atoms with E-state index in [1.807, 2.05) is 61.5 Å². The first-order valence-corrected chi connectivity index (χ1v) is 8.60. The fraction of sp³-hybridized carbons (Fsp3) is 0.286. The molecule has 1 amide bonds. The second kappa shape index (κ2) is 10.1. The zero-order chi connectivity index (χ0) is 19.6. The normalized spacial score (nSPS) is 11.3. The predicted octanol–water partition coefficient (Wildman–Crippen LogP) is 1.98. The van der Waals surface area contributed by atoms with E-state index in [1.165, 1.54) is 7.11 Å². The molecule has 6 heteroatoms. The lowest BCUT2D eigenvalue weighted by Gasteiger charge is -2.16. The Kier molecular flexibility index (Phi) is 7.55. The van der Waals surface area contributed by atoms with Gasteiger partial charge in [0.05, 0.1) is 13.5 Å². The number of hydrogen-bond donors (Lipinski definition) is 1. The first-order valence-electron chi connectivity index (χ1n) is 8.60. The zero-order valence-electron chi connectivity index (χ0n) is 15.4. The molecule has 0 unspecified atom stereocenters. The maximum Gasteiger partial charge on any atom is 0.328 e. The van der Waals surface area contributed by atoms with Crippen LogP contribution >= 0.6 is 0 Å². The summed E-state index contributed by atoms with van der Waals surface area (Å²) in [5.41, 5.74) is 2.78. The van der Waals surface area contributed by atoms with Crippen molar-refractivity contribution in [2.75, 3.05) is 13.7 Å². The largest absolute Gasteiger partial charge is 0.467 e. The second-order valence-electron chi connectivity index (χ2n) is 6.16. The van der Waals surface area contributed by atoms with Crippen molar-refractivity contribution in [1.29, 1.82) is 0 Å². The topological polar surface area (TPSA) is 81.7 Å². The van der Waals surface area contributed by atoms with Gasteiger partial charge >= 0.3 is 11.9 Å². The molecule has 0 aliphatic carbocycles. The summed E-state index contributed by atoms with van der Waals surface area (Å²) >= 11 is 0. The summed E-state index contributed by atoms with van der Waals surface area (Å²) in [6.45, 7) is 1.51. The van der Waals surface area contributed by atoms with E-state index in [0.29, 0.717) is 0 Å². The minimum absolute atomic E-state index is 0.0814. The van der Waals surface area contributed by atoms with Crippen molar-refractivity contribution in [3.63, 3.8) is 0 Å². The molecule has 0 saturated carbocycles. The molecule has 2 rings (SSSR count). The Bertz CT molecular complexity index is 771. The summed E-state index contributed by atoms with van der Waals surface area (Å²) in [4.78, 5) is 35.9. The van der Waals surface area contributed by atoms with E-state index in [4.69, 9.17) is 9.47 Å². The van der Waals surface area contributed by atoms with Gasteiger partial charge < -0.3 is 14.8 Å². The summed E-state index contributed by atoms with van der Waals surface area (Å²) in [6.07, 6.45) is 0.370. The maximum absolute atomic E-state index is 12.1. The van der Waals surface area contributed by atoms with Gasteiger partial charge in [-0.2, -0.15) is 0 Å². The number of ether oxygens (including phenoxy) is 2. The molecular formula is C21H23NO5. The third-order valence-corrected chi connectivity index (χ3v) is 3.94. The van der Waals surface area contributed by atoms with Gasteiger partial charge in [0.2, 0.25) is 0 Å². The molecule has 2 aromatic rings. The minimum Gasteiger partial charge on any atom is -0.467 e. The average molecular weight is 369 g/mol. The number of amides is 1. The second-order valence-corrected chi connectivity index (χ2v) is 6.16. The Morgan fingerprint density at radius 3 is 2.26 bits per heavy atom. The molecule has 2 aromatic carbocycles. The van der Waals surface area contributed by atoms with Crippen molar-refractivity contribution in [2.45, 2.75) is 25.8 Å². The van der Waals surface area contributed by atoms with E-state index in [1.54, 1.807) is 0 Å². The summed E-state index contributed by atoms with van der Waals surface area (Å²) < 4.78 is 9.74. The molecular weight excluding hydrogens is 346 g/mol. The standard InChI is InChI=1S/C21H23NO5/c1-15-8-10-17(11-9-15)13-20(24)27-14-19(23)22-18(21(25)26-2)12-16-6-4-3-5-7-16/h3-11,18H,12-14H2,1-2H3,(H,22,23)/t18-/m0/s1.